The van der Waals surface area contributed by atoms with Gasteiger partial charge in [-0.3, -0.25) is 9.59 Å². The van der Waals surface area contributed by atoms with E-state index in [2.05, 4.69) is 6.92 Å². The standard InChI is InChI=1S/C18H21NO4/c1-3-4-10-19(14-8-6-5-7-9-14)18(22)17-13(2)12-23-15(17)11-16(20)21/h5-9,12H,3-4,10-11H2,1-2H3,(H,20,21). The molecule has 1 heterocycles. The second kappa shape index (κ2) is 7.63. The Labute approximate surface area is 135 Å². The van der Waals surface area contributed by atoms with Crippen LogP contribution in [0.1, 0.15) is 41.4 Å². The summed E-state index contributed by atoms with van der Waals surface area (Å²) in [6.45, 7) is 4.40. The largest absolute Gasteiger partial charge is 0.481 e. The van der Waals surface area contributed by atoms with Gasteiger partial charge in [0.15, 0.2) is 0 Å². The fourth-order valence-electron chi connectivity index (χ4n) is 2.46. The van der Waals surface area contributed by atoms with Gasteiger partial charge in [-0.1, -0.05) is 31.5 Å². The maximum absolute atomic E-state index is 13.0. The summed E-state index contributed by atoms with van der Waals surface area (Å²) in [6, 6.07) is 9.40. The summed E-state index contributed by atoms with van der Waals surface area (Å²) in [7, 11) is 0. The SMILES string of the molecule is CCCCN(C(=O)c1c(C)coc1CC(=O)O)c1ccccc1. The molecule has 0 fully saturated rings. The zero-order valence-corrected chi connectivity index (χ0v) is 13.4. The molecule has 1 aromatic heterocycles. The number of carboxylic acid groups (broad SMARTS) is 1. The van der Waals surface area contributed by atoms with Gasteiger partial charge >= 0.3 is 5.97 Å². The van der Waals surface area contributed by atoms with E-state index in [4.69, 9.17) is 9.52 Å². The van der Waals surface area contributed by atoms with Crippen molar-refractivity contribution < 1.29 is 19.1 Å². The van der Waals surface area contributed by atoms with Crippen molar-refractivity contribution in [3.05, 3.63) is 53.5 Å². The Morgan fingerprint density at radius 1 is 1.22 bits per heavy atom. The lowest BCUT2D eigenvalue weighted by Crippen LogP contribution is -2.32. The molecule has 23 heavy (non-hydrogen) atoms. The number of aryl methyl sites for hydroxylation is 1. The molecule has 0 unspecified atom stereocenters. The molecule has 0 spiro atoms. The molecule has 0 aliphatic heterocycles. The van der Waals surface area contributed by atoms with E-state index in [9.17, 15) is 9.59 Å². The van der Waals surface area contributed by atoms with Crippen molar-refractivity contribution in [2.45, 2.75) is 33.1 Å². The minimum atomic E-state index is -1.02. The predicted octanol–water partition coefficient (Wildman–Crippen LogP) is 3.66. The monoisotopic (exact) mass is 315 g/mol. The topological polar surface area (TPSA) is 70.8 Å². The van der Waals surface area contributed by atoms with Gasteiger partial charge in [-0.2, -0.15) is 0 Å². The van der Waals surface area contributed by atoms with Crippen LogP contribution in [0.15, 0.2) is 41.0 Å². The first-order valence-corrected chi connectivity index (χ1v) is 7.70. The Morgan fingerprint density at radius 2 is 1.91 bits per heavy atom. The van der Waals surface area contributed by atoms with Crippen LogP contribution in [0.4, 0.5) is 5.69 Å². The molecule has 122 valence electrons. The number of benzene rings is 1. The van der Waals surface area contributed by atoms with Crippen LogP contribution in [-0.4, -0.2) is 23.5 Å². The summed E-state index contributed by atoms with van der Waals surface area (Å²) in [4.78, 5) is 25.7. The second-order valence-electron chi connectivity index (χ2n) is 5.43. The normalized spacial score (nSPS) is 10.5. The van der Waals surface area contributed by atoms with E-state index in [0.29, 0.717) is 17.7 Å². The first-order valence-electron chi connectivity index (χ1n) is 7.70. The van der Waals surface area contributed by atoms with Gasteiger partial charge in [0, 0.05) is 17.8 Å². The highest BCUT2D eigenvalue weighted by Gasteiger charge is 2.25. The van der Waals surface area contributed by atoms with Crippen LogP contribution in [0.3, 0.4) is 0 Å². The molecule has 5 nitrogen and oxygen atoms in total. The second-order valence-corrected chi connectivity index (χ2v) is 5.43. The van der Waals surface area contributed by atoms with Crippen molar-refractivity contribution in [1.29, 1.82) is 0 Å². The van der Waals surface area contributed by atoms with Gasteiger partial charge < -0.3 is 14.4 Å². The maximum atomic E-state index is 13.0. The molecule has 0 aliphatic rings. The number of carbonyl (C=O) groups excluding carboxylic acids is 1. The van der Waals surface area contributed by atoms with Gasteiger partial charge in [0.05, 0.1) is 11.8 Å². The van der Waals surface area contributed by atoms with Crippen molar-refractivity contribution in [2.24, 2.45) is 0 Å². The van der Waals surface area contributed by atoms with Gasteiger partial charge in [-0.25, -0.2) is 0 Å². The Balaban J connectivity index is 2.38. The van der Waals surface area contributed by atoms with E-state index in [1.165, 1.54) is 6.26 Å². The third-order valence-electron chi connectivity index (χ3n) is 3.63. The van der Waals surface area contributed by atoms with Gasteiger partial charge in [0.1, 0.15) is 12.2 Å². The summed E-state index contributed by atoms with van der Waals surface area (Å²) in [5.41, 5.74) is 1.81. The van der Waals surface area contributed by atoms with E-state index in [0.717, 1.165) is 18.5 Å². The van der Waals surface area contributed by atoms with Crippen molar-refractivity contribution in [3.63, 3.8) is 0 Å². The van der Waals surface area contributed by atoms with E-state index in [1.54, 1.807) is 11.8 Å². The quantitative estimate of drug-likeness (QED) is 0.846. The van der Waals surface area contributed by atoms with Crippen LogP contribution in [-0.2, 0) is 11.2 Å². The van der Waals surface area contributed by atoms with Gasteiger partial charge in [-0.15, -0.1) is 0 Å². The third-order valence-corrected chi connectivity index (χ3v) is 3.63. The minimum Gasteiger partial charge on any atom is -0.481 e. The number of aliphatic carboxylic acids is 1. The summed E-state index contributed by atoms with van der Waals surface area (Å²) >= 11 is 0. The molecule has 1 aromatic carbocycles. The molecule has 0 saturated carbocycles. The van der Waals surface area contributed by atoms with E-state index in [1.807, 2.05) is 30.3 Å². The molecule has 0 saturated heterocycles. The highest BCUT2D eigenvalue weighted by molar-refractivity contribution is 6.08. The summed E-state index contributed by atoms with van der Waals surface area (Å²) in [5, 5.41) is 8.99. The highest BCUT2D eigenvalue weighted by atomic mass is 16.4. The van der Waals surface area contributed by atoms with Gasteiger partial charge in [0.2, 0.25) is 0 Å². The number of nitrogens with zero attached hydrogens (tertiary/aromatic N) is 1. The fraction of sp³-hybridized carbons (Fsp3) is 0.333. The molecule has 1 N–H and O–H groups in total. The number of hydrogen-bond donors (Lipinski definition) is 1. The van der Waals surface area contributed by atoms with Crippen molar-refractivity contribution in [2.75, 3.05) is 11.4 Å². The summed E-state index contributed by atoms with van der Waals surface area (Å²) < 4.78 is 5.29. The average molecular weight is 315 g/mol. The number of rotatable bonds is 7. The zero-order chi connectivity index (χ0) is 16.8. The highest BCUT2D eigenvalue weighted by Crippen LogP contribution is 2.23. The average Bonchev–Trinajstić information content (AvgIpc) is 2.88. The zero-order valence-electron chi connectivity index (χ0n) is 13.4. The van der Waals surface area contributed by atoms with Crippen LogP contribution in [0.25, 0.3) is 0 Å². The van der Waals surface area contributed by atoms with E-state index in [-0.39, 0.29) is 18.1 Å². The number of unbranched alkanes of at least 4 members (excludes halogenated alkanes) is 1. The number of hydrogen-bond acceptors (Lipinski definition) is 3. The lowest BCUT2D eigenvalue weighted by Gasteiger charge is -2.23. The predicted molar refractivity (Wildman–Crippen MR) is 87.8 cm³/mol. The molecule has 0 bridgehead atoms. The van der Waals surface area contributed by atoms with Crippen LogP contribution in [0, 0.1) is 6.92 Å². The Hall–Kier alpha value is -2.56. The molecule has 0 atom stereocenters. The van der Waals surface area contributed by atoms with Gasteiger partial charge in [0.25, 0.3) is 5.91 Å². The minimum absolute atomic E-state index is 0.206. The van der Waals surface area contributed by atoms with E-state index < -0.39 is 5.97 Å². The Morgan fingerprint density at radius 3 is 2.52 bits per heavy atom. The van der Waals surface area contributed by atoms with Crippen LogP contribution in [0.5, 0.6) is 0 Å². The van der Waals surface area contributed by atoms with Crippen LogP contribution >= 0.6 is 0 Å². The van der Waals surface area contributed by atoms with Crippen molar-refractivity contribution in [3.8, 4) is 0 Å². The molecular formula is C18H21NO4. The Kier molecular flexibility index (Phi) is 5.57. The van der Waals surface area contributed by atoms with Crippen molar-refractivity contribution >= 4 is 17.6 Å². The van der Waals surface area contributed by atoms with Crippen molar-refractivity contribution in [1.82, 2.24) is 0 Å². The van der Waals surface area contributed by atoms with Crippen LogP contribution < -0.4 is 4.90 Å². The molecule has 5 heteroatoms. The van der Waals surface area contributed by atoms with Crippen LogP contribution in [0.2, 0.25) is 0 Å². The van der Waals surface area contributed by atoms with E-state index >= 15 is 0 Å². The number of furan rings is 1. The molecule has 0 radical (unpaired) electrons. The number of amides is 1. The number of para-hydroxylation sites is 1. The summed E-state index contributed by atoms with van der Waals surface area (Å²) in [5.74, 6) is -1.03. The molecular weight excluding hydrogens is 294 g/mol. The maximum Gasteiger partial charge on any atom is 0.311 e. The molecule has 2 aromatic rings. The lowest BCUT2D eigenvalue weighted by atomic mass is 10.1. The number of carbonyl (C=O) groups is 2. The third kappa shape index (κ3) is 4.00. The van der Waals surface area contributed by atoms with Gasteiger partial charge in [-0.05, 0) is 25.5 Å². The smallest absolute Gasteiger partial charge is 0.311 e. The molecule has 0 aliphatic carbocycles. The Bertz CT molecular complexity index is 676. The number of anilines is 1. The summed E-state index contributed by atoms with van der Waals surface area (Å²) in [6.07, 6.45) is 2.97. The fourth-order valence-corrected chi connectivity index (χ4v) is 2.46. The first kappa shape index (κ1) is 16.8. The molecule has 1 amide bonds. The number of carboxylic acids is 1. The molecule has 2 rings (SSSR count). The lowest BCUT2D eigenvalue weighted by molar-refractivity contribution is -0.136. The first-order chi connectivity index (χ1) is 11.0.